The summed E-state index contributed by atoms with van der Waals surface area (Å²) in [5.41, 5.74) is -0.966. The summed E-state index contributed by atoms with van der Waals surface area (Å²) in [6, 6.07) is 2.08. The summed E-state index contributed by atoms with van der Waals surface area (Å²) in [6.07, 6.45) is 0.147. The number of amides is 2. The van der Waals surface area contributed by atoms with Gasteiger partial charge in [0.15, 0.2) is 0 Å². The lowest BCUT2D eigenvalue weighted by Crippen LogP contribution is -2.53. The molecule has 6 heteroatoms. The maximum Gasteiger partial charge on any atom is 0.409 e. The molecule has 0 aromatic carbocycles. The van der Waals surface area contributed by atoms with E-state index in [4.69, 9.17) is 10.00 Å². The number of rotatable bonds is 3. The lowest BCUT2D eigenvalue weighted by atomic mass is 9.87. The van der Waals surface area contributed by atoms with Crippen LogP contribution >= 0.6 is 0 Å². The predicted octanol–water partition coefficient (Wildman–Crippen LogP) is 1.23. The first kappa shape index (κ1) is 15.3. The Morgan fingerprint density at radius 3 is 2.16 bits per heavy atom. The fourth-order valence-electron chi connectivity index (χ4n) is 1.93. The van der Waals surface area contributed by atoms with E-state index >= 15 is 0 Å². The van der Waals surface area contributed by atoms with E-state index in [1.807, 2.05) is 6.92 Å². The van der Waals surface area contributed by atoms with Crippen molar-refractivity contribution < 1.29 is 14.3 Å². The van der Waals surface area contributed by atoms with Crippen LogP contribution in [0.3, 0.4) is 0 Å². The van der Waals surface area contributed by atoms with Crippen LogP contribution < -0.4 is 0 Å². The molecule has 1 aliphatic heterocycles. The number of ether oxygens (including phenoxy) is 1. The number of hydrogen-bond acceptors (Lipinski definition) is 4. The maximum absolute atomic E-state index is 12.3. The first-order valence-electron chi connectivity index (χ1n) is 6.60. The van der Waals surface area contributed by atoms with Crippen LogP contribution in [0.15, 0.2) is 0 Å². The molecule has 1 saturated heterocycles. The molecule has 0 aromatic rings. The zero-order valence-corrected chi connectivity index (χ0v) is 11.8. The lowest BCUT2D eigenvalue weighted by molar-refractivity contribution is -0.140. The van der Waals surface area contributed by atoms with Gasteiger partial charge in [-0.25, -0.2) is 4.79 Å². The number of piperazine rings is 1. The van der Waals surface area contributed by atoms with Crippen molar-refractivity contribution in [1.82, 2.24) is 9.80 Å². The summed E-state index contributed by atoms with van der Waals surface area (Å²) >= 11 is 0. The maximum atomic E-state index is 12.3. The van der Waals surface area contributed by atoms with E-state index in [1.165, 1.54) is 0 Å². The van der Waals surface area contributed by atoms with Gasteiger partial charge in [0.05, 0.1) is 12.7 Å². The summed E-state index contributed by atoms with van der Waals surface area (Å²) in [5.74, 6) is -0.152. The highest BCUT2D eigenvalue weighted by atomic mass is 16.6. The number of carbonyl (C=O) groups excluding carboxylic acids is 2. The van der Waals surface area contributed by atoms with Crippen molar-refractivity contribution in [3.05, 3.63) is 0 Å². The van der Waals surface area contributed by atoms with E-state index in [0.717, 1.165) is 0 Å². The molecule has 1 heterocycles. The van der Waals surface area contributed by atoms with E-state index in [9.17, 15) is 9.59 Å². The quantitative estimate of drug-likeness (QED) is 0.770. The van der Waals surface area contributed by atoms with Crippen LogP contribution in [0.5, 0.6) is 0 Å². The van der Waals surface area contributed by atoms with Gasteiger partial charge in [0.25, 0.3) is 0 Å². The molecule has 0 spiro atoms. The average Bonchev–Trinajstić information content (AvgIpc) is 2.46. The Morgan fingerprint density at radius 2 is 1.74 bits per heavy atom. The summed E-state index contributed by atoms with van der Waals surface area (Å²) in [4.78, 5) is 27.0. The molecular weight excluding hydrogens is 246 g/mol. The fraction of sp³-hybridized carbons (Fsp3) is 0.769. The second-order valence-electron chi connectivity index (χ2n) is 4.78. The van der Waals surface area contributed by atoms with E-state index in [2.05, 4.69) is 6.07 Å². The van der Waals surface area contributed by atoms with E-state index < -0.39 is 5.41 Å². The van der Waals surface area contributed by atoms with Crippen molar-refractivity contribution in [2.75, 3.05) is 32.8 Å². The summed E-state index contributed by atoms with van der Waals surface area (Å²) in [5, 5.41) is 9.11. The number of nitrogens with zero attached hydrogens (tertiary/aromatic N) is 3. The second-order valence-corrected chi connectivity index (χ2v) is 4.78. The fourth-order valence-corrected chi connectivity index (χ4v) is 1.93. The molecule has 1 aliphatic rings. The van der Waals surface area contributed by atoms with Gasteiger partial charge in [-0.1, -0.05) is 6.92 Å². The topological polar surface area (TPSA) is 73.6 Å². The lowest BCUT2D eigenvalue weighted by Gasteiger charge is -2.36. The highest BCUT2D eigenvalue weighted by Crippen LogP contribution is 2.23. The Kier molecular flexibility index (Phi) is 5.16. The molecule has 1 unspecified atom stereocenters. The van der Waals surface area contributed by atoms with Gasteiger partial charge in [-0.15, -0.1) is 0 Å². The van der Waals surface area contributed by atoms with Gasteiger partial charge in [-0.2, -0.15) is 5.26 Å². The van der Waals surface area contributed by atoms with Crippen molar-refractivity contribution in [3.8, 4) is 6.07 Å². The highest BCUT2D eigenvalue weighted by Gasteiger charge is 2.37. The van der Waals surface area contributed by atoms with Crippen molar-refractivity contribution >= 4 is 12.0 Å². The monoisotopic (exact) mass is 267 g/mol. The molecule has 0 N–H and O–H groups in total. The van der Waals surface area contributed by atoms with E-state index in [-0.39, 0.29) is 12.0 Å². The third kappa shape index (κ3) is 3.37. The molecule has 0 bridgehead atoms. The average molecular weight is 267 g/mol. The summed E-state index contributed by atoms with van der Waals surface area (Å²) < 4.78 is 4.92. The molecular formula is C13H21N3O3. The molecule has 6 nitrogen and oxygen atoms in total. The molecule has 106 valence electrons. The van der Waals surface area contributed by atoms with Gasteiger partial charge >= 0.3 is 6.09 Å². The number of nitriles is 1. The number of hydrogen-bond donors (Lipinski definition) is 0. The Hall–Kier alpha value is -1.77. The van der Waals surface area contributed by atoms with Crippen LogP contribution in [0.25, 0.3) is 0 Å². The Balaban J connectivity index is 2.57. The van der Waals surface area contributed by atoms with Gasteiger partial charge in [0, 0.05) is 26.2 Å². The molecule has 1 fully saturated rings. The third-order valence-corrected chi connectivity index (χ3v) is 3.52. The SMILES string of the molecule is CCOC(=O)N1CCN(C(=O)C(C)(C#N)CC)CC1. The third-order valence-electron chi connectivity index (χ3n) is 3.52. The minimum atomic E-state index is -0.966. The molecule has 0 saturated carbocycles. The second kappa shape index (κ2) is 6.41. The zero-order chi connectivity index (χ0) is 14.5. The molecule has 0 aromatic heterocycles. The normalized spacial score (nSPS) is 18.4. The van der Waals surface area contributed by atoms with Crippen LogP contribution in [0.2, 0.25) is 0 Å². The van der Waals surface area contributed by atoms with Crippen molar-refractivity contribution in [3.63, 3.8) is 0 Å². The van der Waals surface area contributed by atoms with E-state index in [1.54, 1.807) is 23.6 Å². The first-order valence-corrected chi connectivity index (χ1v) is 6.60. The van der Waals surface area contributed by atoms with Gasteiger partial charge in [-0.05, 0) is 20.3 Å². The zero-order valence-electron chi connectivity index (χ0n) is 11.8. The van der Waals surface area contributed by atoms with Crippen molar-refractivity contribution in [1.29, 1.82) is 5.26 Å². The van der Waals surface area contributed by atoms with Gasteiger partial charge in [0.2, 0.25) is 5.91 Å². The largest absolute Gasteiger partial charge is 0.450 e. The van der Waals surface area contributed by atoms with Crippen LogP contribution in [-0.4, -0.2) is 54.6 Å². The molecule has 1 atom stereocenters. The molecule has 1 rings (SSSR count). The van der Waals surface area contributed by atoms with Crippen LogP contribution in [0, 0.1) is 16.7 Å². The van der Waals surface area contributed by atoms with E-state index in [0.29, 0.717) is 39.2 Å². The Labute approximate surface area is 113 Å². The van der Waals surface area contributed by atoms with Crippen LogP contribution in [-0.2, 0) is 9.53 Å². The Bertz CT molecular complexity index is 383. The first-order chi connectivity index (χ1) is 8.98. The van der Waals surface area contributed by atoms with Crippen molar-refractivity contribution in [2.45, 2.75) is 27.2 Å². The standard InChI is InChI=1S/C13H21N3O3/c1-4-13(3,10-14)11(17)15-6-8-16(9-7-15)12(18)19-5-2/h4-9H2,1-3H3. The smallest absolute Gasteiger partial charge is 0.409 e. The van der Waals surface area contributed by atoms with Crippen LogP contribution in [0.1, 0.15) is 27.2 Å². The molecule has 2 amide bonds. The van der Waals surface area contributed by atoms with Gasteiger partial charge < -0.3 is 14.5 Å². The Morgan fingerprint density at radius 1 is 1.21 bits per heavy atom. The summed E-state index contributed by atoms with van der Waals surface area (Å²) in [6.45, 7) is 7.41. The van der Waals surface area contributed by atoms with Gasteiger partial charge in [0.1, 0.15) is 5.41 Å². The molecule has 0 aliphatic carbocycles. The van der Waals surface area contributed by atoms with Gasteiger partial charge in [-0.3, -0.25) is 4.79 Å². The van der Waals surface area contributed by atoms with Crippen LogP contribution in [0.4, 0.5) is 4.79 Å². The molecule has 0 radical (unpaired) electrons. The minimum absolute atomic E-state index is 0.152. The molecule has 19 heavy (non-hydrogen) atoms. The predicted molar refractivity (Wildman–Crippen MR) is 69.2 cm³/mol. The number of carbonyl (C=O) groups is 2. The van der Waals surface area contributed by atoms with Crippen molar-refractivity contribution in [2.24, 2.45) is 5.41 Å². The highest BCUT2D eigenvalue weighted by molar-refractivity contribution is 5.85. The summed E-state index contributed by atoms with van der Waals surface area (Å²) in [7, 11) is 0. The minimum Gasteiger partial charge on any atom is -0.450 e.